The summed E-state index contributed by atoms with van der Waals surface area (Å²) in [6, 6.07) is 1.19. The van der Waals surface area contributed by atoms with Gasteiger partial charge in [-0.2, -0.15) is 0 Å². The molecule has 0 saturated heterocycles. The summed E-state index contributed by atoms with van der Waals surface area (Å²) in [4.78, 5) is 11.3. The number of sulfonamides is 1. The summed E-state index contributed by atoms with van der Waals surface area (Å²) < 4.78 is 24.5. The zero-order valence-corrected chi connectivity index (χ0v) is 10.1. The van der Waals surface area contributed by atoms with Gasteiger partial charge in [0.25, 0.3) is 0 Å². The molecule has 0 unspecified atom stereocenters. The van der Waals surface area contributed by atoms with Crippen molar-refractivity contribution in [3.8, 4) is 0 Å². The molecule has 5 nitrogen and oxygen atoms in total. The smallest absolute Gasteiger partial charge is 0.345 e. The quantitative estimate of drug-likeness (QED) is 0.867. The molecule has 0 aliphatic rings. The van der Waals surface area contributed by atoms with Crippen molar-refractivity contribution < 1.29 is 18.3 Å². The fourth-order valence-corrected chi connectivity index (χ4v) is 3.32. The molecule has 84 valence electrons. The van der Waals surface area contributed by atoms with Crippen LogP contribution in [-0.2, 0) is 10.0 Å². The van der Waals surface area contributed by atoms with E-state index in [0.717, 1.165) is 15.6 Å². The van der Waals surface area contributed by atoms with Crippen molar-refractivity contribution in [3.05, 3.63) is 15.8 Å². The molecule has 0 radical (unpaired) electrons. The fourth-order valence-electron chi connectivity index (χ4n) is 1.02. The van der Waals surface area contributed by atoms with E-state index in [9.17, 15) is 13.2 Å². The first-order valence-electron chi connectivity index (χ1n) is 4.03. The van der Waals surface area contributed by atoms with Crippen LogP contribution in [0.4, 0.5) is 0 Å². The van der Waals surface area contributed by atoms with E-state index in [4.69, 9.17) is 5.11 Å². The number of rotatable bonds is 3. The topological polar surface area (TPSA) is 74.7 Å². The van der Waals surface area contributed by atoms with Crippen LogP contribution in [0.3, 0.4) is 0 Å². The lowest BCUT2D eigenvalue weighted by atomic mass is 10.4. The first kappa shape index (κ1) is 12.2. The Morgan fingerprint density at radius 2 is 2.00 bits per heavy atom. The van der Waals surface area contributed by atoms with Crippen LogP contribution in [0.15, 0.2) is 11.0 Å². The van der Waals surface area contributed by atoms with Crippen LogP contribution in [0.5, 0.6) is 0 Å². The van der Waals surface area contributed by atoms with Gasteiger partial charge in [-0.15, -0.1) is 11.3 Å². The van der Waals surface area contributed by atoms with Crippen LogP contribution >= 0.6 is 11.3 Å². The number of aromatic carboxylic acids is 1. The molecule has 0 aliphatic carbocycles. The second kappa shape index (κ2) is 3.92. The Morgan fingerprint density at radius 1 is 1.47 bits per heavy atom. The van der Waals surface area contributed by atoms with Gasteiger partial charge in [0.2, 0.25) is 10.0 Å². The predicted molar refractivity (Wildman–Crippen MR) is 56.9 cm³/mol. The van der Waals surface area contributed by atoms with E-state index in [2.05, 4.69) is 0 Å². The number of thiophene rings is 1. The van der Waals surface area contributed by atoms with E-state index >= 15 is 0 Å². The van der Waals surface area contributed by atoms with Crippen molar-refractivity contribution in [3.63, 3.8) is 0 Å². The summed E-state index contributed by atoms with van der Waals surface area (Å²) in [5, 5.41) is 8.73. The molecule has 1 aromatic heterocycles. The van der Waals surface area contributed by atoms with Crippen molar-refractivity contribution in [2.75, 3.05) is 14.1 Å². The number of hydrogen-bond donors (Lipinski definition) is 1. The number of carboxylic acid groups (broad SMARTS) is 1. The molecule has 1 heterocycles. The molecule has 0 atom stereocenters. The molecule has 0 amide bonds. The second-order valence-electron chi connectivity index (χ2n) is 3.12. The highest BCUT2D eigenvalue weighted by atomic mass is 32.2. The van der Waals surface area contributed by atoms with E-state index in [1.165, 1.54) is 20.2 Å². The van der Waals surface area contributed by atoms with Crippen LogP contribution in [-0.4, -0.2) is 37.9 Å². The Morgan fingerprint density at radius 3 is 2.33 bits per heavy atom. The first-order chi connectivity index (χ1) is 6.76. The lowest BCUT2D eigenvalue weighted by molar-refractivity contribution is 0.0702. The summed E-state index contributed by atoms with van der Waals surface area (Å²) >= 11 is 0.961. The molecule has 15 heavy (non-hydrogen) atoms. The minimum atomic E-state index is -3.54. The van der Waals surface area contributed by atoms with Crippen molar-refractivity contribution in [2.24, 2.45) is 0 Å². The molecule has 1 N–H and O–H groups in total. The maximum Gasteiger partial charge on any atom is 0.345 e. The predicted octanol–water partition coefficient (Wildman–Crippen LogP) is 1.01. The third kappa shape index (κ3) is 2.19. The number of nitrogens with zero attached hydrogens (tertiary/aromatic N) is 1. The Labute approximate surface area is 92.0 Å². The van der Waals surface area contributed by atoms with E-state index in [-0.39, 0.29) is 9.77 Å². The number of aryl methyl sites for hydroxylation is 1. The Kier molecular flexibility index (Phi) is 3.17. The van der Waals surface area contributed by atoms with Crippen molar-refractivity contribution >= 4 is 27.3 Å². The van der Waals surface area contributed by atoms with Crippen molar-refractivity contribution in [2.45, 2.75) is 11.8 Å². The molecule has 0 saturated carbocycles. The van der Waals surface area contributed by atoms with E-state index in [0.29, 0.717) is 4.88 Å². The molecule has 0 bridgehead atoms. The van der Waals surface area contributed by atoms with Crippen LogP contribution in [0, 0.1) is 6.92 Å². The third-order valence-corrected chi connectivity index (χ3v) is 4.95. The largest absolute Gasteiger partial charge is 0.477 e. The maximum atomic E-state index is 11.7. The monoisotopic (exact) mass is 249 g/mol. The molecular formula is C8H11NO4S2. The Bertz CT molecular complexity index is 487. The molecule has 0 aliphatic heterocycles. The Balaban J connectivity index is 3.34. The van der Waals surface area contributed by atoms with Gasteiger partial charge in [-0.25, -0.2) is 17.5 Å². The number of hydrogen-bond acceptors (Lipinski definition) is 4. The molecule has 0 spiro atoms. The minimum Gasteiger partial charge on any atom is -0.477 e. The van der Waals surface area contributed by atoms with Gasteiger partial charge in [0.15, 0.2) is 0 Å². The van der Waals surface area contributed by atoms with Crippen LogP contribution < -0.4 is 0 Å². The average molecular weight is 249 g/mol. The third-order valence-electron chi connectivity index (χ3n) is 1.84. The van der Waals surface area contributed by atoms with Crippen molar-refractivity contribution in [1.82, 2.24) is 4.31 Å². The maximum absolute atomic E-state index is 11.7. The van der Waals surface area contributed by atoms with Crippen molar-refractivity contribution in [1.29, 1.82) is 0 Å². The van der Waals surface area contributed by atoms with Gasteiger partial charge in [-0.3, -0.25) is 0 Å². The number of carboxylic acids is 1. The highest BCUT2D eigenvalue weighted by Gasteiger charge is 2.23. The van der Waals surface area contributed by atoms with Crippen LogP contribution in [0.1, 0.15) is 14.5 Å². The molecule has 1 aromatic rings. The Hall–Kier alpha value is -0.920. The van der Waals surface area contributed by atoms with Crippen LogP contribution in [0.25, 0.3) is 0 Å². The van der Waals surface area contributed by atoms with Gasteiger partial charge in [0.1, 0.15) is 4.88 Å². The SMILES string of the molecule is Cc1sc(C(=O)O)cc1S(=O)(=O)N(C)C. The van der Waals surface area contributed by atoms with E-state index in [1.54, 1.807) is 6.92 Å². The van der Waals surface area contributed by atoms with E-state index < -0.39 is 16.0 Å². The van der Waals surface area contributed by atoms with Crippen LogP contribution in [0.2, 0.25) is 0 Å². The second-order valence-corrected chi connectivity index (χ2v) is 6.50. The number of carbonyl (C=O) groups is 1. The summed E-state index contributed by atoms with van der Waals surface area (Å²) in [6.45, 7) is 1.59. The highest BCUT2D eigenvalue weighted by molar-refractivity contribution is 7.89. The zero-order valence-electron chi connectivity index (χ0n) is 8.51. The summed E-state index contributed by atoms with van der Waals surface area (Å²) in [5.41, 5.74) is 0. The lowest BCUT2D eigenvalue weighted by Gasteiger charge is -2.09. The van der Waals surface area contributed by atoms with Gasteiger partial charge < -0.3 is 5.11 Å². The summed E-state index contributed by atoms with van der Waals surface area (Å²) in [6.07, 6.45) is 0. The fraction of sp³-hybridized carbons (Fsp3) is 0.375. The highest BCUT2D eigenvalue weighted by Crippen LogP contribution is 2.27. The van der Waals surface area contributed by atoms with Gasteiger partial charge in [0, 0.05) is 19.0 Å². The van der Waals surface area contributed by atoms with Gasteiger partial charge in [-0.05, 0) is 13.0 Å². The average Bonchev–Trinajstić information content (AvgIpc) is 2.47. The lowest BCUT2D eigenvalue weighted by Crippen LogP contribution is -2.22. The standard InChI is InChI=1S/C8H11NO4S2/c1-5-7(15(12,13)9(2)3)4-6(14-5)8(10)11/h4H,1-3H3,(H,10,11). The molecule has 7 heteroatoms. The van der Waals surface area contributed by atoms with Gasteiger partial charge in [0.05, 0.1) is 4.90 Å². The molecule has 1 rings (SSSR count). The summed E-state index contributed by atoms with van der Waals surface area (Å²) in [7, 11) is -0.721. The summed E-state index contributed by atoms with van der Waals surface area (Å²) in [5.74, 6) is -1.11. The van der Waals surface area contributed by atoms with E-state index in [1.807, 2.05) is 0 Å². The minimum absolute atomic E-state index is 0.0351. The normalized spacial score (nSPS) is 12.0. The van der Waals surface area contributed by atoms with Gasteiger partial charge in [-0.1, -0.05) is 0 Å². The first-order valence-corrected chi connectivity index (χ1v) is 6.28. The zero-order chi connectivity index (χ0) is 11.8. The molecular weight excluding hydrogens is 238 g/mol. The molecule has 0 aromatic carbocycles. The molecule has 0 fully saturated rings. The van der Waals surface area contributed by atoms with Gasteiger partial charge >= 0.3 is 5.97 Å².